The zero-order chi connectivity index (χ0) is 24.2. The smallest absolute Gasteiger partial charge is 0.0351 e. The molecule has 0 aromatic carbocycles. The van der Waals surface area contributed by atoms with Crippen molar-refractivity contribution in [2.75, 3.05) is 0 Å². The van der Waals surface area contributed by atoms with Crippen LogP contribution >= 0.6 is 0 Å². The van der Waals surface area contributed by atoms with Gasteiger partial charge < -0.3 is 0 Å². The average Bonchev–Trinajstić information content (AvgIpc) is 2.82. The highest BCUT2D eigenvalue weighted by Gasteiger charge is 2.16. The van der Waals surface area contributed by atoms with E-state index in [2.05, 4.69) is 64.2 Å². The first-order valence-corrected chi connectivity index (χ1v) is 15.2. The molecule has 0 saturated carbocycles. The highest BCUT2D eigenvalue weighted by molar-refractivity contribution is 4.84. The minimum absolute atomic E-state index is 0.876. The van der Waals surface area contributed by atoms with Crippen LogP contribution in [0.25, 0.3) is 0 Å². The largest absolute Gasteiger partial charge is 0.0885 e. The first kappa shape index (κ1) is 32.2. The fourth-order valence-corrected chi connectivity index (χ4v) is 4.75. The fourth-order valence-electron chi connectivity index (χ4n) is 4.75. The number of unbranched alkanes of at least 4 members (excludes halogenated alkanes) is 12. The van der Waals surface area contributed by atoms with E-state index in [0.29, 0.717) is 0 Å². The molecule has 0 aromatic heterocycles. The molecule has 1 atom stereocenters. The lowest BCUT2D eigenvalue weighted by Crippen LogP contribution is -2.12. The lowest BCUT2D eigenvalue weighted by atomic mass is 9.82. The summed E-state index contributed by atoms with van der Waals surface area (Å²) in [4.78, 5) is 0. The monoisotopic (exact) mass is 458 g/mol. The maximum Gasteiger partial charge on any atom is -0.0351 e. The molecule has 0 fully saturated rings. The van der Waals surface area contributed by atoms with Gasteiger partial charge in [0.15, 0.2) is 0 Å². The van der Waals surface area contributed by atoms with Gasteiger partial charge in [-0.05, 0) is 102 Å². The average molecular weight is 459 g/mol. The van der Waals surface area contributed by atoms with Gasteiger partial charge in [-0.1, -0.05) is 109 Å². The molecule has 0 bridgehead atoms. The summed E-state index contributed by atoms with van der Waals surface area (Å²) < 4.78 is 0. The molecule has 0 saturated heterocycles. The van der Waals surface area contributed by atoms with E-state index in [1.54, 1.807) is 0 Å². The second kappa shape index (κ2) is 27.5. The van der Waals surface area contributed by atoms with Crippen LogP contribution < -0.4 is 0 Å². The highest BCUT2D eigenvalue weighted by Crippen LogP contribution is 2.28. The van der Waals surface area contributed by atoms with Gasteiger partial charge in [0.25, 0.3) is 0 Å². The zero-order valence-electron chi connectivity index (χ0n) is 23.5. The van der Waals surface area contributed by atoms with Gasteiger partial charge in [0.2, 0.25) is 0 Å². The van der Waals surface area contributed by atoms with Gasteiger partial charge in [-0.3, -0.25) is 0 Å². The predicted molar refractivity (Wildman–Crippen MR) is 154 cm³/mol. The van der Waals surface area contributed by atoms with Gasteiger partial charge in [0.05, 0.1) is 0 Å². The van der Waals surface area contributed by atoms with Crippen LogP contribution in [0.4, 0.5) is 0 Å². The third kappa shape index (κ3) is 24.2. The van der Waals surface area contributed by atoms with Crippen LogP contribution in [0.3, 0.4) is 0 Å². The molecule has 0 aliphatic rings. The molecule has 0 heterocycles. The number of rotatable bonds is 25. The van der Waals surface area contributed by atoms with Crippen LogP contribution in [0.5, 0.6) is 0 Å². The van der Waals surface area contributed by atoms with E-state index in [9.17, 15) is 0 Å². The van der Waals surface area contributed by atoms with Gasteiger partial charge >= 0.3 is 0 Å². The van der Waals surface area contributed by atoms with Crippen LogP contribution in [0, 0.1) is 11.8 Å². The van der Waals surface area contributed by atoms with Gasteiger partial charge in [0.1, 0.15) is 0 Å². The van der Waals surface area contributed by atoms with Crippen LogP contribution in [0.1, 0.15) is 163 Å². The number of allylic oxidation sites excluding steroid dienone is 6. The SMILES string of the molecule is CCCCC/C=C\CCCC(C)C(CCC/C=C\CCCCC)CCC/C=C\CCCCC. The Hall–Kier alpha value is -0.780. The molecule has 0 aromatic rings. The van der Waals surface area contributed by atoms with Crippen LogP contribution in [0.2, 0.25) is 0 Å². The molecule has 0 spiro atoms. The van der Waals surface area contributed by atoms with Crippen molar-refractivity contribution in [1.29, 1.82) is 0 Å². The van der Waals surface area contributed by atoms with Crippen molar-refractivity contribution in [3.8, 4) is 0 Å². The van der Waals surface area contributed by atoms with E-state index < -0.39 is 0 Å². The Kier molecular flexibility index (Phi) is 26.8. The van der Waals surface area contributed by atoms with Crippen molar-refractivity contribution in [3.05, 3.63) is 36.5 Å². The summed E-state index contributed by atoms with van der Waals surface area (Å²) in [6, 6.07) is 0. The van der Waals surface area contributed by atoms with E-state index in [4.69, 9.17) is 0 Å². The van der Waals surface area contributed by atoms with E-state index >= 15 is 0 Å². The molecular weight excluding hydrogens is 396 g/mol. The Morgan fingerprint density at radius 1 is 0.394 bits per heavy atom. The summed E-state index contributed by atoms with van der Waals surface area (Å²) in [5, 5.41) is 0. The first-order chi connectivity index (χ1) is 16.3. The quantitative estimate of drug-likeness (QED) is 0.0942. The van der Waals surface area contributed by atoms with Crippen LogP contribution in [0.15, 0.2) is 36.5 Å². The van der Waals surface area contributed by atoms with E-state index in [0.717, 1.165) is 11.8 Å². The molecule has 0 nitrogen and oxygen atoms in total. The van der Waals surface area contributed by atoms with Crippen molar-refractivity contribution < 1.29 is 0 Å². The van der Waals surface area contributed by atoms with E-state index in [1.165, 1.54) is 135 Å². The Labute approximate surface area is 210 Å². The summed E-state index contributed by atoms with van der Waals surface area (Å²) in [5.41, 5.74) is 0. The van der Waals surface area contributed by atoms with Crippen molar-refractivity contribution >= 4 is 0 Å². The van der Waals surface area contributed by atoms with Crippen molar-refractivity contribution in [3.63, 3.8) is 0 Å². The van der Waals surface area contributed by atoms with Gasteiger partial charge in [-0.15, -0.1) is 0 Å². The summed E-state index contributed by atoms with van der Waals surface area (Å²) in [7, 11) is 0. The number of hydrogen-bond acceptors (Lipinski definition) is 0. The molecule has 0 N–H and O–H groups in total. The lowest BCUT2D eigenvalue weighted by Gasteiger charge is -2.24. The standard InChI is InChI=1S/C33H62/c1-5-8-11-14-17-20-23-26-29-32(4)33(30-27-24-21-18-15-12-9-6-2)31-28-25-22-19-16-13-10-7-3/h17-22,32-33H,5-16,23-31H2,1-4H3/b20-17-,21-18-,22-19-. The Bertz CT molecular complexity index is 415. The third-order valence-corrected chi connectivity index (χ3v) is 7.15. The summed E-state index contributed by atoms with van der Waals surface area (Å²) >= 11 is 0. The number of hydrogen-bond donors (Lipinski definition) is 0. The Morgan fingerprint density at radius 2 is 0.697 bits per heavy atom. The molecule has 0 amide bonds. The van der Waals surface area contributed by atoms with E-state index in [-0.39, 0.29) is 0 Å². The maximum absolute atomic E-state index is 2.54. The first-order valence-electron chi connectivity index (χ1n) is 15.2. The second-order valence-electron chi connectivity index (χ2n) is 10.4. The second-order valence-corrected chi connectivity index (χ2v) is 10.4. The minimum Gasteiger partial charge on any atom is -0.0885 e. The normalized spacial score (nSPS) is 13.4. The fraction of sp³-hybridized carbons (Fsp3) is 0.818. The van der Waals surface area contributed by atoms with Gasteiger partial charge in [0, 0.05) is 0 Å². The van der Waals surface area contributed by atoms with E-state index in [1.807, 2.05) is 0 Å². The molecule has 0 aliphatic heterocycles. The molecule has 0 heteroatoms. The maximum atomic E-state index is 2.54. The van der Waals surface area contributed by atoms with Crippen molar-refractivity contribution in [2.24, 2.45) is 11.8 Å². The third-order valence-electron chi connectivity index (χ3n) is 7.15. The molecule has 0 radical (unpaired) electrons. The van der Waals surface area contributed by atoms with Crippen LogP contribution in [-0.4, -0.2) is 0 Å². The summed E-state index contributed by atoms with van der Waals surface area (Å²) in [6.45, 7) is 9.40. The molecule has 0 rings (SSSR count). The van der Waals surface area contributed by atoms with Gasteiger partial charge in [-0.25, -0.2) is 0 Å². The summed E-state index contributed by atoms with van der Waals surface area (Å²) in [6.07, 6.45) is 43.0. The molecule has 1 unspecified atom stereocenters. The van der Waals surface area contributed by atoms with Crippen molar-refractivity contribution in [2.45, 2.75) is 163 Å². The van der Waals surface area contributed by atoms with Crippen LogP contribution in [-0.2, 0) is 0 Å². The minimum atomic E-state index is 0.876. The van der Waals surface area contributed by atoms with Crippen molar-refractivity contribution in [1.82, 2.24) is 0 Å². The lowest BCUT2D eigenvalue weighted by molar-refractivity contribution is 0.284. The highest BCUT2D eigenvalue weighted by atomic mass is 14.2. The molecule has 0 aliphatic carbocycles. The molecule has 194 valence electrons. The molecule has 33 heavy (non-hydrogen) atoms. The Balaban J connectivity index is 4.25. The summed E-state index contributed by atoms with van der Waals surface area (Å²) in [5.74, 6) is 1.79. The Morgan fingerprint density at radius 3 is 1.03 bits per heavy atom. The predicted octanol–water partition coefficient (Wildman–Crippen LogP) is 12.2. The topological polar surface area (TPSA) is 0 Å². The molecular formula is C33H62. The zero-order valence-corrected chi connectivity index (χ0v) is 23.5. The van der Waals surface area contributed by atoms with Gasteiger partial charge in [-0.2, -0.15) is 0 Å².